The fourth-order valence-electron chi connectivity index (χ4n) is 5.78. The van der Waals surface area contributed by atoms with Crippen LogP contribution in [0.15, 0.2) is 36.4 Å². The molecule has 3 fully saturated rings. The molecular formula is C27H39N3O2. The van der Waals surface area contributed by atoms with E-state index in [9.17, 15) is 9.59 Å². The third-order valence-corrected chi connectivity index (χ3v) is 7.80. The molecule has 5 nitrogen and oxygen atoms in total. The number of amides is 2. The maximum Gasteiger partial charge on any atom is 0.246 e. The van der Waals surface area contributed by atoms with Crippen molar-refractivity contribution < 1.29 is 9.59 Å². The van der Waals surface area contributed by atoms with Gasteiger partial charge in [0.2, 0.25) is 11.8 Å². The van der Waals surface area contributed by atoms with Gasteiger partial charge >= 0.3 is 0 Å². The number of hydrogen-bond acceptors (Lipinski definition) is 3. The van der Waals surface area contributed by atoms with Gasteiger partial charge in [0.1, 0.15) is 0 Å². The fourth-order valence-corrected chi connectivity index (χ4v) is 5.78. The zero-order valence-electron chi connectivity index (χ0n) is 19.4. The molecule has 3 aliphatic rings. The van der Waals surface area contributed by atoms with E-state index in [0.29, 0.717) is 13.1 Å². The topological polar surface area (TPSA) is 52.7 Å². The van der Waals surface area contributed by atoms with E-state index in [0.717, 1.165) is 24.9 Å². The smallest absolute Gasteiger partial charge is 0.246 e. The molecule has 2 aliphatic heterocycles. The van der Waals surface area contributed by atoms with Crippen molar-refractivity contribution in [3.8, 4) is 0 Å². The zero-order chi connectivity index (χ0) is 22.2. The van der Waals surface area contributed by atoms with Crippen LogP contribution in [-0.2, 0) is 9.59 Å². The molecule has 2 saturated heterocycles. The minimum atomic E-state index is 0.0270. The van der Waals surface area contributed by atoms with Gasteiger partial charge in [-0.1, -0.05) is 56.0 Å². The molecule has 174 valence electrons. The Hall–Kier alpha value is -2.14. The molecular weight excluding hydrogens is 398 g/mol. The third-order valence-electron chi connectivity index (χ3n) is 7.80. The summed E-state index contributed by atoms with van der Waals surface area (Å²) in [5.41, 5.74) is 1.20. The first-order valence-corrected chi connectivity index (χ1v) is 12.7. The van der Waals surface area contributed by atoms with Gasteiger partial charge in [0, 0.05) is 37.2 Å². The first kappa shape index (κ1) is 23.0. The van der Waals surface area contributed by atoms with E-state index in [2.05, 4.69) is 10.2 Å². The van der Waals surface area contributed by atoms with Gasteiger partial charge in [0.25, 0.3) is 0 Å². The molecule has 0 bridgehead atoms. The summed E-state index contributed by atoms with van der Waals surface area (Å²) in [5, 5.41) is 3.35. The summed E-state index contributed by atoms with van der Waals surface area (Å²) in [6.45, 7) is 4.49. The van der Waals surface area contributed by atoms with E-state index in [-0.39, 0.29) is 23.3 Å². The lowest BCUT2D eigenvalue weighted by Gasteiger charge is -2.48. The Morgan fingerprint density at radius 3 is 2.25 bits per heavy atom. The van der Waals surface area contributed by atoms with Gasteiger partial charge in [-0.25, -0.2) is 0 Å². The highest BCUT2D eigenvalue weighted by Crippen LogP contribution is 2.35. The van der Waals surface area contributed by atoms with Gasteiger partial charge in [-0.05, 0) is 63.3 Å². The summed E-state index contributed by atoms with van der Waals surface area (Å²) in [6, 6.07) is 9.89. The summed E-state index contributed by atoms with van der Waals surface area (Å²) < 4.78 is 0. The van der Waals surface area contributed by atoms with Crippen LogP contribution < -0.4 is 5.32 Å². The minimum absolute atomic E-state index is 0.0270. The lowest BCUT2D eigenvalue weighted by molar-refractivity contribution is -0.132. The van der Waals surface area contributed by atoms with Crippen LogP contribution in [0.3, 0.4) is 0 Å². The van der Waals surface area contributed by atoms with Crippen molar-refractivity contribution in [2.45, 2.75) is 69.7 Å². The van der Waals surface area contributed by atoms with E-state index in [4.69, 9.17) is 0 Å². The van der Waals surface area contributed by atoms with E-state index in [1.54, 1.807) is 6.08 Å². The summed E-state index contributed by atoms with van der Waals surface area (Å²) in [7, 11) is 0. The Bertz CT molecular complexity index is 771. The number of hydrogen-bond donors (Lipinski definition) is 1. The number of piperidine rings is 2. The second kappa shape index (κ2) is 11.1. The quantitative estimate of drug-likeness (QED) is 0.677. The van der Waals surface area contributed by atoms with E-state index in [1.165, 1.54) is 64.5 Å². The van der Waals surface area contributed by atoms with Crippen molar-refractivity contribution in [1.82, 2.24) is 15.1 Å². The molecule has 0 unspecified atom stereocenters. The van der Waals surface area contributed by atoms with Crippen LogP contribution in [-0.4, -0.2) is 59.9 Å². The van der Waals surface area contributed by atoms with E-state index >= 15 is 0 Å². The molecule has 1 saturated carbocycles. The highest BCUT2D eigenvalue weighted by atomic mass is 16.2. The number of carbonyl (C=O) groups is 2. The summed E-state index contributed by atoms with van der Waals surface area (Å²) >= 11 is 0. The first-order valence-electron chi connectivity index (χ1n) is 12.7. The number of benzene rings is 1. The second-order valence-electron chi connectivity index (χ2n) is 9.89. The predicted molar refractivity (Wildman–Crippen MR) is 129 cm³/mol. The molecule has 1 N–H and O–H groups in total. The third kappa shape index (κ3) is 5.80. The summed E-state index contributed by atoms with van der Waals surface area (Å²) in [5.74, 6) is 0.261. The number of rotatable bonds is 6. The van der Waals surface area contributed by atoms with Crippen molar-refractivity contribution >= 4 is 17.9 Å². The largest absolute Gasteiger partial charge is 0.354 e. The number of nitrogens with one attached hydrogen (secondary N) is 1. The average molecular weight is 438 g/mol. The number of carbonyl (C=O) groups excluding carboxylic acids is 2. The van der Waals surface area contributed by atoms with Crippen molar-refractivity contribution in [2.24, 2.45) is 5.92 Å². The molecule has 32 heavy (non-hydrogen) atoms. The molecule has 1 aromatic rings. The molecule has 4 rings (SSSR count). The Labute approximate surface area is 193 Å². The van der Waals surface area contributed by atoms with Crippen molar-refractivity contribution in [3.05, 3.63) is 42.0 Å². The maximum absolute atomic E-state index is 13.0. The monoisotopic (exact) mass is 437 g/mol. The van der Waals surface area contributed by atoms with Crippen LogP contribution in [0.4, 0.5) is 0 Å². The lowest BCUT2D eigenvalue weighted by atomic mass is 9.79. The highest BCUT2D eigenvalue weighted by Gasteiger charge is 2.39. The van der Waals surface area contributed by atoms with Gasteiger partial charge < -0.3 is 10.2 Å². The SMILES string of the molecule is O=C(NCC1(N2CCCCC2)CCCCC1)C1CCN(C(=O)/C=C/c2ccccc2)CC1. The van der Waals surface area contributed by atoms with Crippen LogP contribution in [0, 0.1) is 5.92 Å². The molecule has 2 heterocycles. The molecule has 0 aromatic heterocycles. The van der Waals surface area contributed by atoms with Crippen molar-refractivity contribution in [1.29, 1.82) is 0 Å². The van der Waals surface area contributed by atoms with Gasteiger partial charge in [0.05, 0.1) is 0 Å². The Morgan fingerprint density at radius 2 is 1.56 bits per heavy atom. The second-order valence-corrected chi connectivity index (χ2v) is 9.89. The molecule has 1 aromatic carbocycles. The van der Waals surface area contributed by atoms with Crippen LogP contribution >= 0.6 is 0 Å². The maximum atomic E-state index is 13.0. The van der Waals surface area contributed by atoms with Crippen molar-refractivity contribution in [2.75, 3.05) is 32.7 Å². The van der Waals surface area contributed by atoms with Crippen LogP contribution in [0.25, 0.3) is 6.08 Å². The Balaban J connectivity index is 1.25. The molecule has 5 heteroatoms. The van der Waals surface area contributed by atoms with Gasteiger partial charge in [0.15, 0.2) is 0 Å². The summed E-state index contributed by atoms with van der Waals surface area (Å²) in [4.78, 5) is 30.1. The van der Waals surface area contributed by atoms with E-state index < -0.39 is 0 Å². The highest BCUT2D eigenvalue weighted by molar-refractivity contribution is 5.92. The van der Waals surface area contributed by atoms with Crippen molar-refractivity contribution in [3.63, 3.8) is 0 Å². The Kier molecular flexibility index (Phi) is 8.01. The molecule has 1 aliphatic carbocycles. The molecule has 0 radical (unpaired) electrons. The zero-order valence-corrected chi connectivity index (χ0v) is 19.4. The number of likely N-dealkylation sites (tertiary alicyclic amines) is 2. The minimum Gasteiger partial charge on any atom is -0.354 e. The average Bonchev–Trinajstić information content (AvgIpc) is 2.87. The Morgan fingerprint density at radius 1 is 0.906 bits per heavy atom. The van der Waals surface area contributed by atoms with Gasteiger partial charge in [-0.15, -0.1) is 0 Å². The van der Waals surface area contributed by atoms with Gasteiger partial charge in [-0.2, -0.15) is 0 Å². The summed E-state index contributed by atoms with van der Waals surface area (Å²) in [6.07, 6.45) is 15.3. The number of nitrogens with zero attached hydrogens (tertiary/aromatic N) is 2. The van der Waals surface area contributed by atoms with Crippen LogP contribution in [0.1, 0.15) is 69.8 Å². The fraction of sp³-hybridized carbons (Fsp3) is 0.630. The normalized spacial score (nSPS) is 22.7. The molecule has 0 atom stereocenters. The lowest BCUT2D eigenvalue weighted by Crippen LogP contribution is -2.58. The van der Waals surface area contributed by atoms with Gasteiger partial charge in [-0.3, -0.25) is 14.5 Å². The standard InChI is InChI=1S/C27H39N3O2/c31-25(13-12-23-10-4-1-5-11-23)29-20-14-24(15-21-29)26(32)28-22-27(16-6-2-7-17-27)30-18-8-3-9-19-30/h1,4-5,10-13,24H,2-3,6-9,14-22H2,(H,28,32)/b13-12+. The molecule has 2 amide bonds. The molecule has 0 spiro atoms. The van der Waals surface area contributed by atoms with Crippen LogP contribution in [0.2, 0.25) is 0 Å². The first-order chi connectivity index (χ1) is 15.7. The van der Waals surface area contributed by atoms with Crippen LogP contribution in [0.5, 0.6) is 0 Å². The van der Waals surface area contributed by atoms with E-state index in [1.807, 2.05) is 41.3 Å². The predicted octanol–water partition coefficient (Wildman–Crippen LogP) is 4.24.